The maximum Gasteiger partial charge on any atom is 0.232 e. The van der Waals surface area contributed by atoms with Gasteiger partial charge in [0.1, 0.15) is 6.23 Å². The molecule has 0 spiro atoms. The van der Waals surface area contributed by atoms with Gasteiger partial charge < -0.3 is 4.74 Å². The number of rotatable bonds is 2. The SMILES string of the molecule is COC1[C@@H]2C3CCC(C3)[C@@H]2C(=O)N1c1cccc2ccccc12. The van der Waals surface area contributed by atoms with Crippen LogP contribution in [0.1, 0.15) is 19.3 Å². The van der Waals surface area contributed by atoms with Gasteiger partial charge in [0.2, 0.25) is 5.91 Å². The first-order chi connectivity index (χ1) is 11.3. The fourth-order valence-corrected chi connectivity index (χ4v) is 5.51. The van der Waals surface area contributed by atoms with E-state index in [0.29, 0.717) is 17.8 Å². The lowest BCUT2D eigenvalue weighted by Gasteiger charge is -2.30. The summed E-state index contributed by atoms with van der Waals surface area (Å²) in [7, 11) is 1.75. The largest absolute Gasteiger partial charge is 0.361 e. The Kier molecular flexibility index (Phi) is 2.84. The van der Waals surface area contributed by atoms with Gasteiger partial charge in [0.05, 0.1) is 5.69 Å². The lowest BCUT2D eigenvalue weighted by molar-refractivity contribution is -0.122. The molecule has 3 heteroatoms. The Balaban J connectivity index is 1.66. The zero-order valence-corrected chi connectivity index (χ0v) is 13.3. The van der Waals surface area contributed by atoms with Crippen molar-refractivity contribution < 1.29 is 9.53 Å². The van der Waals surface area contributed by atoms with Gasteiger partial charge in [0.25, 0.3) is 0 Å². The second kappa shape index (κ2) is 4.81. The Labute approximate surface area is 136 Å². The van der Waals surface area contributed by atoms with E-state index >= 15 is 0 Å². The van der Waals surface area contributed by atoms with Crippen molar-refractivity contribution in [1.29, 1.82) is 0 Å². The van der Waals surface area contributed by atoms with Crippen LogP contribution in [0, 0.1) is 23.7 Å². The smallest absolute Gasteiger partial charge is 0.232 e. The van der Waals surface area contributed by atoms with Crippen LogP contribution in [0.4, 0.5) is 5.69 Å². The van der Waals surface area contributed by atoms with E-state index < -0.39 is 0 Å². The number of benzene rings is 2. The Bertz CT molecular complexity index is 781. The van der Waals surface area contributed by atoms with E-state index in [1.54, 1.807) is 7.11 Å². The minimum atomic E-state index is -0.103. The van der Waals surface area contributed by atoms with Crippen molar-refractivity contribution in [3.8, 4) is 0 Å². The van der Waals surface area contributed by atoms with E-state index in [2.05, 4.69) is 24.3 Å². The van der Waals surface area contributed by atoms with Gasteiger partial charge in [-0.2, -0.15) is 0 Å². The summed E-state index contributed by atoms with van der Waals surface area (Å²) in [6.07, 6.45) is 3.61. The first-order valence-corrected chi connectivity index (χ1v) is 8.63. The Morgan fingerprint density at radius 2 is 1.83 bits per heavy atom. The molecule has 2 bridgehead atoms. The maximum atomic E-state index is 13.2. The lowest BCUT2D eigenvalue weighted by Crippen LogP contribution is -2.38. The fourth-order valence-electron chi connectivity index (χ4n) is 5.51. The van der Waals surface area contributed by atoms with Crippen molar-refractivity contribution in [3.05, 3.63) is 42.5 Å². The number of carbonyl (C=O) groups is 1. The highest BCUT2D eigenvalue weighted by molar-refractivity contribution is 6.06. The predicted molar refractivity (Wildman–Crippen MR) is 90.0 cm³/mol. The molecule has 0 aromatic heterocycles. The number of amides is 1. The number of fused-ring (bicyclic) bond motifs is 6. The molecule has 0 N–H and O–H groups in total. The van der Waals surface area contributed by atoms with Crippen LogP contribution in [0.25, 0.3) is 10.8 Å². The Morgan fingerprint density at radius 3 is 2.70 bits per heavy atom. The molecule has 2 aliphatic carbocycles. The minimum absolute atomic E-state index is 0.103. The van der Waals surface area contributed by atoms with E-state index in [9.17, 15) is 4.79 Å². The molecule has 0 radical (unpaired) electrons. The number of carbonyl (C=O) groups excluding carboxylic acids is 1. The zero-order chi connectivity index (χ0) is 15.6. The summed E-state index contributed by atoms with van der Waals surface area (Å²) >= 11 is 0. The third-order valence-corrected chi connectivity index (χ3v) is 6.35. The highest BCUT2D eigenvalue weighted by Gasteiger charge is 2.61. The normalized spacial score (nSPS) is 35.3. The monoisotopic (exact) mass is 307 g/mol. The van der Waals surface area contributed by atoms with Gasteiger partial charge in [-0.15, -0.1) is 0 Å². The standard InChI is InChI=1S/C20H21NO2/c1-23-20-18-14-10-9-13(11-14)17(18)19(22)21(20)16-8-4-6-12-5-2-3-7-15(12)16/h2-8,13-14,17-18,20H,9-11H2,1H3/t13?,14?,17-,18+,20?/m0/s1. The van der Waals surface area contributed by atoms with Crippen LogP contribution in [-0.2, 0) is 9.53 Å². The number of methoxy groups -OCH3 is 1. The molecule has 2 aromatic rings. The van der Waals surface area contributed by atoms with Crippen LogP contribution >= 0.6 is 0 Å². The number of ether oxygens (including phenoxy) is 1. The van der Waals surface area contributed by atoms with Crippen LogP contribution < -0.4 is 4.90 Å². The molecule has 1 saturated heterocycles. The molecule has 5 atom stereocenters. The van der Waals surface area contributed by atoms with Gasteiger partial charge in [-0.1, -0.05) is 36.4 Å². The molecular weight excluding hydrogens is 286 g/mol. The third-order valence-electron chi connectivity index (χ3n) is 6.35. The van der Waals surface area contributed by atoms with Gasteiger partial charge in [-0.3, -0.25) is 9.69 Å². The summed E-state index contributed by atoms with van der Waals surface area (Å²) < 4.78 is 5.87. The molecule has 23 heavy (non-hydrogen) atoms. The summed E-state index contributed by atoms with van der Waals surface area (Å²) in [4.78, 5) is 15.2. The van der Waals surface area contributed by atoms with Crippen LogP contribution in [0.3, 0.4) is 0 Å². The van der Waals surface area contributed by atoms with Crippen LogP contribution in [0.5, 0.6) is 0 Å². The predicted octanol–water partition coefficient (Wildman–Crippen LogP) is 3.82. The molecule has 3 fully saturated rings. The van der Waals surface area contributed by atoms with Crippen LogP contribution in [0.2, 0.25) is 0 Å². The first-order valence-electron chi connectivity index (χ1n) is 8.63. The minimum Gasteiger partial charge on any atom is -0.361 e. The Hall–Kier alpha value is -1.87. The molecule has 3 nitrogen and oxygen atoms in total. The molecule has 2 saturated carbocycles. The molecule has 5 rings (SSSR count). The molecule has 1 amide bonds. The molecule has 1 heterocycles. The molecule has 2 aromatic carbocycles. The second-order valence-electron chi connectivity index (χ2n) is 7.27. The average Bonchev–Trinajstić information content (AvgIpc) is 3.26. The highest BCUT2D eigenvalue weighted by Crippen LogP contribution is 2.58. The summed E-state index contributed by atoms with van der Waals surface area (Å²) in [5.74, 6) is 2.09. The van der Waals surface area contributed by atoms with Gasteiger partial charge >= 0.3 is 0 Å². The van der Waals surface area contributed by atoms with Crippen molar-refractivity contribution >= 4 is 22.4 Å². The van der Waals surface area contributed by atoms with Crippen molar-refractivity contribution in [1.82, 2.24) is 0 Å². The van der Waals surface area contributed by atoms with Crippen LogP contribution in [0.15, 0.2) is 42.5 Å². The summed E-state index contributed by atoms with van der Waals surface area (Å²) in [6, 6.07) is 14.5. The summed E-state index contributed by atoms with van der Waals surface area (Å²) in [6.45, 7) is 0. The molecule has 118 valence electrons. The molecule has 1 aliphatic heterocycles. The van der Waals surface area contributed by atoms with E-state index in [-0.39, 0.29) is 18.1 Å². The van der Waals surface area contributed by atoms with Crippen molar-refractivity contribution in [3.63, 3.8) is 0 Å². The number of anilines is 1. The maximum absolute atomic E-state index is 13.2. The average molecular weight is 307 g/mol. The zero-order valence-electron chi connectivity index (χ0n) is 13.3. The topological polar surface area (TPSA) is 29.5 Å². The number of hydrogen-bond donors (Lipinski definition) is 0. The third kappa shape index (κ3) is 1.71. The fraction of sp³-hybridized carbons (Fsp3) is 0.450. The quantitative estimate of drug-likeness (QED) is 0.844. The van der Waals surface area contributed by atoms with Gasteiger partial charge in [-0.05, 0) is 42.6 Å². The second-order valence-corrected chi connectivity index (χ2v) is 7.27. The van der Waals surface area contributed by atoms with Crippen molar-refractivity contribution in [2.24, 2.45) is 23.7 Å². The summed E-state index contributed by atoms with van der Waals surface area (Å²) in [5.41, 5.74) is 1.01. The van der Waals surface area contributed by atoms with Crippen molar-refractivity contribution in [2.75, 3.05) is 12.0 Å². The molecular formula is C20H21NO2. The van der Waals surface area contributed by atoms with Gasteiger partial charge in [0.15, 0.2) is 0 Å². The molecule has 3 aliphatic rings. The highest BCUT2D eigenvalue weighted by atomic mass is 16.5. The van der Waals surface area contributed by atoms with E-state index in [1.807, 2.05) is 23.1 Å². The van der Waals surface area contributed by atoms with E-state index in [1.165, 1.54) is 24.6 Å². The van der Waals surface area contributed by atoms with E-state index in [4.69, 9.17) is 4.74 Å². The van der Waals surface area contributed by atoms with Gasteiger partial charge in [-0.25, -0.2) is 0 Å². The summed E-state index contributed by atoms with van der Waals surface area (Å²) in [5, 5.41) is 2.31. The van der Waals surface area contributed by atoms with Crippen LogP contribution in [-0.4, -0.2) is 19.2 Å². The molecule has 3 unspecified atom stereocenters. The number of nitrogens with zero attached hydrogens (tertiary/aromatic N) is 1. The van der Waals surface area contributed by atoms with Crippen molar-refractivity contribution in [2.45, 2.75) is 25.5 Å². The number of hydrogen-bond acceptors (Lipinski definition) is 2. The van der Waals surface area contributed by atoms with Gasteiger partial charge in [0, 0.05) is 24.3 Å². The first kappa shape index (κ1) is 13.6. The van der Waals surface area contributed by atoms with E-state index in [0.717, 1.165) is 11.1 Å². The Morgan fingerprint density at radius 1 is 1.04 bits per heavy atom. The lowest BCUT2D eigenvalue weighted by atomic mass is 9.81.